The number of nitrogens with zero attached hydrogens (tertiary/aromatic N) is 3. The molecule has 0 unspecified atom stereocenters. The zero-order chi connectivity index (χ0) is 14.7. The van der Waals surface area contributed by atoms with Gasteiger partial charge in [-0.3, -0.25) is 0 Å². The van der Waals surface area contributed by atoms with Gasteiger partial charge in [0.15, 0.2) is 0 Å². The number of rotatable bonds is 4. The SMILES string of the molecule is CNCc1coc(N2CCN(c3ccccc3Cl)CC2)n1. The molecule has 1 aromatic carbocycles. The highest BCUT2D eigenvalue weighted by Crippen LogP contribution is 2.27. The summed E-state index contributed by atoms with van der Waals surface area (Å²) in [6, 6.07) is 8.68. The van der Waals surface area contributed by atoms with Gasteiger partial charge in [0.25, 0.3) is 6.01 Å². The molecule has 1 saturated heterocycles. The zero-order valence-electron chi connectivity index (χ0n) is 12.1. The molecule has 1 N–H and O–H groups in total. The quantitative estimate of drug-likeness (QED) is 0.939. The van der Waals surface area contributed by atoms with E-state index in [2.05, 4.69) is 26.2 Å². The van der Waals surface area contributed by atoms with E-state index in [0.29, 0.717) is 6.01 Å². The number of hydrogen-bond donors (Lipinski definition) is 1. The number of oxazole rings is 1. The monoisotopic (exact) mass is 306 g/mol. The first-order valence-electron chi connectivity index (χ1n) is 7.11. The van der Waals surface area contributed by atoms with Gasteiger partial charge < -0.3 is 19.5 Å². The highest BCUT2D eigenvalue weighted by atomic mass is 35.5. The van der Waals surface area contributed by atoms with E-state index in [-0.39, 0.29) is 0 Å². The number of hydrogen-bond acceptors (Lipinski definition) is 5. The van der Waals surface area contributed by atoms with Gasteiger partial charge in [0.05, 0.1) is 16.4 Å². The predicted molar refractivity (Wildman–Crippen MR) is 85.1 cm³/mol. The Labute approximate surface area is 129 Å². The molecule has 2 heterocycles. The maximum absolute atomic E-state index is 6.26. The third kappa shape index (κ3) is 3.14. The van der Waals surface area contributed by atoms with Crippen molar-refractivity contribution < 1.29 is 4.42 Å². The molecule has 112 valence electrons. The topological polar surface area (TPSA) is 44.5 Å². The van der Waals surface area contributed by atoms with E-state index in [1.807, 2.05) is 25.2 Å². The molecule has 1 fully saturated rings. The first-order valence-corrected chi connectivity index (χ1v) is 7.49. The molecule has 1 aromatic heterocycles. The minimum Gasteiger partial charge on any atom is -0.432 e. The normalized spacial score (nSPS) is 15.5. The summed E-state index contributed by atoms with van der Waals surface area (Å²) in [6.07, 6.45) is 1.71. The lowest BCUT2D eigenvalue weighted by molar-refractivity contribution is 0.515. The van der Waals surface area contributed by atoms with Crippen LogP contribution in [0.3, 0.4) is 0 Å². The van der Waals surface area contributed by atoms with Crippen LogP contribution in [0, 0.1) is 0 Å². The van der Waals surface area contributed by atoms with Crippen molar-refractivity contribution in [2.45, 2.75) is 6.54 Å². The molecule has 0 bridgehead atoms. The van der Waals surface area contributed by atoms with Crippen molar-refractivity contribution in [1.29, 1.82) is 0 Å². The summed E-state index contributed by atoms with van der Waals surface area (Å²) in [5.41, 5.74) is 2.03. The van der Waals surface area contributed by atoms with Gasteiger partial charge in [-0.15, -0.1) is 0 Å². The molecule has 0 atom stereocenters. The summed E-state index contributed by atoms with van der Waals surface area (Å²) in [7, 11) is 1.90. The van der Waals surface area contributed by atoms with Crippen LogP contribution in [0.25, 0.3) is 0 Å². The molecule has 21 heavy (non-hydrogen) atoms. The van der Waals surface area contributed by atoms with E-state index in [9.17, 15) is 0 Å². The van der Waals surface area contributed by atoms with Crippen LogP contribution in [0.2, 0.25) is 5.02 Å². The predicted octanol–water partition coefficient (Wildman–Crippen LogP) is 2.37. The van der Waals surface area contributed by atoms with Crippen LogP contribution < -0.4 is 15.1 Å². The smallest absolute Gasteiger partial charge is 0.297 e. The van der Waals surface area contributed by atoms with Crippen molar-refractivity contribution in [3.63, 3.8) is 0 Å². The van der Waals surface area contributed by atoms with Crippen molar-refractivity contribution in [2.24, 2.45) is 0 Å². The Morgan fingerprint density at radius 2 is 1.90 bits per heavy atom. The number of aromatic nitrogens is 1. The summed E-state index contributed by atoms with van der Waals surface area (Å²) >= 11 is 6.26. The fraction of sp³-hybridized carbons (Fsp3) is 0.400. The van der Waals surface area contributed by atoms with Crippen molar-refractivity contribution >= 4 is 23.3 Å². The summed E-state index contributed by atoms with van der Waals surface area (Å²) < 4.78 is 5.55. The molecule has 6 heteroatoms. The van der Waals surface area contributed by atoms with Crippen LogP contribution in [0.1, 0.15) is 5.69 Å². The molecule has 0 amide bonds. The standard InChI is InChI=1S/C15H19ClN4O/c1-17-10-12-11-21-15(18-12)20-8-6-19(7-9-20)14-5-3-2-4-13(14)16/h2-5,11,17H,6-10H2,1H3. The molecule has 5 nitrogen and oxygen atoms in total. The third-order valence-corrected chi connectivity index (χ3v) is 3.96. The van der Waals surface area contributed by atoms with Crippen LogP contribution in [-0.4, -0.2) is 38.2 Å². The van der Waals surface area contributed by atoms with Gasteiger partial charge in [0.2, 0.25) is 0 Å². The molecule has 2 aromatic rings. The number of para-hydroxylation sites is 1. The van der Waals surface area contributed by atoms with E-state index in [1.54, 1.807) is 6.26 Å². The first-order chi connectivity index (χ1) is 10.3. The van der Waals surface area contributed by atoms with Gasteiger partial charge in [-0.1, -0.05) is 23.7 Å². The average Bonchev–Trinajstić information content (AvgIpc) is 2.97. The number of benzene rings is 1. The Morgan fingerprint density at radius 1 is 1.19 bits per heavy atom. The second-order valence-electron chi connectivity index (χ2n) is 5.08. The minimum atomic E-state index is 0.707. The second kappa shape index (κ2) is 6.37. The van der Waals surface area contributed by atoms with E-state index in [4.69, 9.17) is 16.0 Å². The van der Waals surface area contributed by atoms with Crippen LogP contribution in [0.5, 0.6) is 0 Å². The Bertz CT molecular complexity index is 593. The fourth-order valence-electron chi connectivity index (χ4n) is 2.55. The molecule has 0 saturated carbocycles. The summed E-state index contributed by atoms with van der Waals surface area (Å²) in [5, 5.41) is 3.88. The maximum Gasteiger partial charge on any atom is 0.297 e. The highest BCUT2D eigenvalue weighted by molar-refractivity contribution is 6.33. The van der Waals surface area contributed by atoms with Gasteiger partial charge in [-0.05, 0) is 19.2 Å². The fourth-order valence-corrected chi connectivity index (χ4v) is 2.81. The molecular formula is C15H19ClN4O. The Hall–Kier alpha value is -1.72. The van der Waals surface area contributed by atoms with Gasteiger partial charge >= 0.3 is 0 Å². The lowest BCUT2D eigenvalue weighted by Gasteiger charge is -2.35. The van der Waals surface area contributed by atoms with E-state index >= 15 is 0 Å². The lowest BCUT2D eigenvalue weighted by Crippen LogP contribution is -2.46. The maximum atomic E-state index is 6.26. The van der Waals surface area contributed by atoms with Gasteiger partial charge in [-0.2, -0.15) is 4.98 Å². The van der Waals surface area contributed by atoms with Crippen molar-refractivity contribution in [3.05, 3.63) is 41.2 Å². The average molecular weight is 307 g/mol. The Kier molecular flexibility index (Phi) is 4.31. The summed E-state index contributed by atoms with van der Waals surface area (Å²) in [6.45, 7) is 4.31. The van der Waals surface area contributed by atoms with Crippen LogP contribution in [-0.2, 0) is 6.54 Å². The Morgan fingerprint density at radius 3 is 2.62 bits per heavy atom. The summed E-state index contributed by atoms with van der Waals surface area (Å²) in [4.78, 5) is 8.97. The van der Waals surface area contributed by atoms with Crippen LogP contribution in [0.15, 0.2) is 34.9 Å². The number of anilines is 2. The molecule has 0 aliphatic carbocycles. The molecule has 0 spiro atoms. The molecule has 0 radical (unpaired) electrons. The van der Waals surface area contributed by atoms with Gasteiger partial charge in [0, 0.05) is 32.7 Å². The third-order valence-electron chi connectivity index (χ3n) is 3.64. The van der Waals surface area contributed by atoms with Gasteiger partial charge in [-0.25, -0.2) is 0 Å². The minimum absolute atomic E-state index is 0.707. The highest BCUT2D eigenvalue weighted by Gasteiger charge is 2.21. The zero-order valence-corrected chi connectivity index (χ0v) is 12.8. The first kappa shape index (κ1) is 14.2. The number of piperazine rings is 1. The van der Waals surface area contributed by atoms with Crippen LogP contribution >= 0.6 is 11.6 Å². The number of nitrogens with one attached hydrogen (secondary N) is 1. The molecular weight excluding hydrogens is 288 g/mol. The van der Waals surface area contributed by atoms with Gasteiger partial charge in [0.1, 0.15) is 6.26 Å². The lowest BCUT2D eigenvalue weighted by atomic mass is 10.2. The number of halogens is 1. The largest absolute Gasteiger partial charge is 0.432 e. The Balaban J connectivity index is 1.63. The summed E-state index contributed by atoms with van der Waals surface area (Å²) in [5.74, 6) is 0. The van der Waals surface area contributed by atoms with E-state index < -0.39 is 0 Å². The van der Waals surface area contributed by atoms with Crippen molar-refractivity contribution in [2.75, 3.05) is 43.0 Å². The van der Waals surface area contributed by atoms with Crippen molar-refractivity contribution in [1.82, 2.24) is 10.3 Å². The second-order valence-corrected chi connectivity index (χ2v) is 5.48. The molecule has 1 aliphatic heterocycles. The van der Waals surface area contributed by atoms with E-state index in [1.165, 1.54) is 0 Å². The van der Waals surface area contributed by atoms with E-state index in [0.717, 1.165) is 49.1 Å². The van der Waals surface area contributed by atoms with Crippen molar-refractivity contribution in [3.8, 4) is 0 Å². The van der Waals surface area contributed by atoms with Crippen LogP contribution in [0.4, 0.5) is 11.7 Å². The molecule has 1 aliphatic rings. The molecule has 3 rings (SSSR count).